The monoisotopic (exact) mass is 476 g/mol. The average molecular weight is 477 g/mol. The molecule has 0 atom stereocenters. The number of anilines is 1. The van der Waals surface area contributed by atoms with E-state index < -0.39 is 0 Å². The summed E-state index contributed by atoms with van der Waals surface area (Å²) < 4.78 is 0. The van der Waals surface area contributed by atoms with Crippen molar-refractivity contribution in [1.29, 1.82) is 0 Å². The number of fused-ring (bicyclic) bond motifs is 1. The van der Waals surface area contributed by atoms with Crippen molar-refractivity contribution in [2.75, 3.05) is 5.32 Å². The molecule has 0 aliphatic carbocycles. The highest BCUT2D eigenvalue weighted by Crippen LogP contribution is 2.38. The molecule has 3 heterocycles. The van der Waals surface area contributed by atoms with E-state index in [1.165, 1.54) is 4.88 Å². The summed E-state index contributed by atoms with van der Waals surface area (Å²) in [6, 6.07) is 20.9. The molecule has 0 amide bonds. The van der Waals surface area contributed by atoms with Crippen LogP contribution in [0.5, 0.6) is 0 Å². The largest absolute Gasteiger partial charge is 0.351 e. The molecule has 2 N–H and O–H groups in total. The molecular formula is C27H29ClN4S. The Balaban J connectivity index is 1.51. The summed E-state index contributed by atoms with van der Waals surface area (Å²) in [6.45, 7) is 9.05. The average Bonchev–Trinajstić information content (AvgIpc) is 3.21. The molecule has 5 rings (SSSR count). The number of nitrogens with one attached hydrogen (secondary N) is 2. The van der Waals surface area contributed by atoms with E-state index in [2.05, 4.69) is 74.7 Å². The van der Waals surface area contributed by atoms with Gasteiger partial charge in [0.2, 0.25) is 5.95 Å². The van der Waals surface area contributed by atoms with Gasteiger partial charge in [-0.3, -0.25) is 0 Å². The molecule has 4 aromatic rings. The predicted molar refractivity (Wildman–Crippen MR) is 141 cm³/mol. The van der Waals surface area contributed by atoms with Gasteiger partial charge < -0.3 is 10.6 Å². The van der Waals surface area contributed by atoms with Crippen LogP contribution in [0.4, 0.5) is 5.95 Å². The van der Waals surface area contributed by atoms with Gasteiger partial charge in [-0.25, -0.2) is 9.97 Å². The lowest BCUT2D eigenvalue weighted by Gasteiger charge is -2.46. The number of nitrogens with zero attached hydrogens (tertiary/aromatic N) is 2. The summed E-state index contributed by atoms with van der Waals surface area (Å²) in [5.74, 6) is 0.698. The van der Waals surface area contributed by atoms with Crippen LogP contribution < -0.4 is 10.6 Å². The van der Waals surface area contributed by atoms with Gasteiger partial charge in [0.15, 0.2) is 0 Å². The zero-order chi connectivity index (χ0) is 23.2. The first-order chi connectivity index (χ1) is 15.7. The van der Waals surface area contributed by atoms with E-state index in [1.807, 2.05) is 24.3 Å². The number of thiophene rings is 1. The Labute approximate surface area is 204 Å². The summed E-state index contributed by atoms with van der Waals surface area (Å²) in [4.78, 5) is 12.2. The van der Waals surface area contributed by atoms with Crippen LogP contribution in [0.2, 0.25) is 5.02 Å². The van der Waals surface area contributed by atoms with E-state index in [9.17, 15) is 0 Å². The van der Waals surface area contributed by atoms with Crippen LogP contribution in [0.3, 0.4) is 0 Å². The second-order valence-corrected chi connectivity index (χ2v) is 11.7. The van der Waals surface area contributed by atoms with Gasteiger partial charge in [-0.15, -0.1) is 11.3 Å². The Morgan fingerprint density at radius 2 is 1.55 bits per heavy atom. The third kappa shape index (κ3) is 4.91. The highest BCUT2D eigenvalue weighted by atomic mass is 35.5. The number of rotatable bonds is 4. The topological polar surface area (TPSA) is 49.8 Å². The van der Waals surface area contributed by atoms with E-state index in [0.717, 1.165) is 44.9 Å². The molecule has 33 heavy (non-hydrogen) atoms. The Morgan fingerprint density at radius 1 is 0.879 bits per heavy atom. The van der Waals surface area contributed by atoms with Crippen molar-refractivity contribution in [1.82, 2.24) is 15.3 Å². The van der Waals surface area contributed by atoms with Crippen LogP contribution in [0.15, 0.2) is 60.7 Å². The molecule has 0 bridgehead atoms. The molecule has 2 aromatic heterocycles. The normalized spacial score (nSPS) is 17.8. The minimum atomic E-state index is 0.0559. The minimum absolute atomic E-state index is 0.0559. The van der Waals surface area contributed by atoms with E-state index in [1.54, 1.807) is 11.3 Å². The van der Waals surface area contributed by atoms with Crippen LogP contribution in [-0.2, 0) is 0 Å². The molecule has 170 valence electrons. The molecule has 2 aromatic carbocycles. The molecule has 0 radical (unpaired) electrons. The predicted octanol–water partition coefficient (Wildman–Crippen LogP) is 7.40. The van der Waals surface area contributed by atoms with Gasteiger partial charge in [0.1, 0.15) is 0 Å². The lowest BCUT2D eigenvalue weighted by atomic mass is 9.80. The van der Waals surface area contributed by atoms with Crippen molar-refractivity contribution in [3.8, 4) is 21.0 Å². The van der Waals surface area contributed by atoms with Gasteiger partial charge in [-0.05, 0) is 76.4 Å². The van der Waals surface area contributed by atoms with Crippen LogP contribution in [0.1, 0.15) is 40.5 Å². The Kier molecular flexibility index (Phi) is 5.68. The number of aromatic nitrogens is 2. The Hall–Kier alpha value is -2.47. The van der Waals surface area contributed by atoms with E-state index in [-0.39, 0.29) is 11.1 Å². The quantitative estimate of drug-likeness (QED) is 0.322. The SMILES string of the molecule is CC1(C)CC(Nc2nc(-c3ccc(-c4ccc(Cl)cc4)s3)c3ccccc3n2)CC(C)(C)N1. The summed E-state index contributed by atoms with van der Waals surface area (Å²) >= 11 is 7.82. The van der Waals surface area contributed by atoms with Gasteiger partial charge >= 0.3 is 0 Å². The number of hydrogen-bond donors (Lipinski definition) is 2. The zero-order valence-electron chi connectivity index (χ0n) is 19.4. The van der Waals surface area contributed by atoms with Crippen molar-refractivity contribution >= 4 is 39.8 Å². The standard InChI is InChI=1S/C27H29ClN4S/c1-26(2)15-19(16-27(3,4)32-26)29-25-30-21-8-6-5-7-20(21)24(31-25)23-14-13-22(33-23)17-9-11-18(28)12-10-17/h5-14,19,32H,15-16H2,1-4H3,(H,29,30,31). The van der Waals surface area contributed by atoms with Crippen molar-refractivity contribution in [3.05, 3.63) is 65.7 Å². The van der Waals surface area contributed by atoms with E-state index >= 15 is 0 Å². The summed E-state index contributed by atoms with van der Waals surface area (Å²) in [5.41, 5.74) is 3.20. The van der Waals surface area contributed by atoms with E-state index in [0.29, 0.717) is 12.0 Å². The lowest BCUT2D eigenvalue weighted by molar-refractivity contribution is 0.170. The zero-order valence-corrected chi connectivity index (χ0v) is 21.0. The van der Waals surface area contributed by atoms with E-state index in [4.69, 9.17) is 21.6 Å². The van der Waals surface area contributed by atoms with Gasteiger partial charge in [0, 0.05) is 32.4 Å². The molecule has 1 saturated heterocycles. The third-order valence-corrected chi connectivity index (χ3v) is 7.49. The van der Waals surface area contributed by atoms with Crippen LogP contribution in [0, 0.1) is 0 Å². The van der Waals surface area contributed by atoms with Gasteiger partial charge in [0.25, 0.3) is 0 Å². The maximum absolute atomic E-state index is 6.07. The maximum atomic E-state index is 6.07. The van der Waals surface area contributed by atoms with Gasteiger partial charge in [-0.2, -0.15) is 0 Å². The number of piperidine rings is 1. The van der Waals surface area contributed by atoms with Crippen molar-refractivity contribution in [3.63, 3.8) is 0 Å². The lowest BCUT2D eigenvalue weighted by Crippen LogP contribution is -2.60. The second-order valence-electron chi connectivity index (χ2n) is 10.2. The third-order valence-electron chi connectivity index (χ3n) is 6.09. The first-order valence-corrected chi connectivity index (χ1v) is 12.6. The highest BCUT2D eigenvalue weighted by Gasteiger charge is 2.37. The minimum Gasteiger partial charge on any atom is -0.351 e. The molecule has 6 heteroatoms. The smallest absolute Gasteiger partial charge is 0.224 e. The second kappa shape index (κ2) is 8.39. The fraction of sp³-hybridized carbons (Fsp3) is 0.333. The fourth-order valence-electron chi connectivity index (χ4n) is 5.17. The first kappa shape index (κ1) is 22.3. The molecule has 0 saturated carbocycles. The van der Waals surface area contributed by atoms with Crippen LogP contribution >= 0.6 is 22.9 Å². The Morgan fingerprint density at radius 3 is 2.27 bits per heavy atom. The van der Waals surface area contributed by atoms with Crippen molar-refractivity contribution in [2.45, 2.75) is 57.7 Å². The molecular weight excluding hydrogens is 448 g/mol. The van der Waals surface area contributed by atoms with Gasteiger partial charge in [0.05, 0.1) is 16.1 Å². The maximum Gasteiger partial charge on any atom is 0.224 e. The molecule has 4 nitrogen and oxygen atoms in total. The number of hydrogen-bond acceptors (Lipinski definition) is 5. The van der Waals surface area contributed by atoms with Crippen LogP contribution in [-0.4, -0.2) is 27.1 Å². The molecule has 1 aliphatic heterocycles. The van der Waals surface area contributed by atoms with Crippen molar-refractivity contribution in [2.24, 2.45) is 0 Å². The van der Waals surface area contributed by atoms with Crippen LogP contribution in [0.25, 0.3) is 31.9 Å². The first-order valence-electron chi connectivity index (χ1n) is 11.4. The fourth-order valence-corrected chi connectivity index (χ4v) is 6.31. The Bertz CT molecular complexity index is 1280. The number of halogens is 1. The summed E-state index contributed by atoms with van der Waals surface area (Å²) in [7, 11) is 0. The summed E-state index contributed by atoms with van der Waals surface area (Å²) in [6.07, 6.45) is 2.03. The molecule has 1 fully saturated rings. The number of para-hydroxylation sites is 1. The molecule has 1 aliphatic rings. The van der Waals surface area contributed by atoms with Gasteiger partial charge in [-0.1, -0.05) is 41.9 Å². The number of benzene rings is 2. The molecule has 0 unspecified atom stereocenters. The summed E-state index contributed by atoms with van der Waals surface area (Å²) in [5, 5.41) is 9.23. The highest BCUT2D eigenvalue weighted by molar-refractivity contribution is 7.18. The van der Waals surface area contributed by atoms with Crippen molar-refractivity contribution < 1.29 is 0 Å². The molecule has 0 spiro atoms.